The Hall–Kier alpha value is -3.20. The first-order chi connectivity index (χ1) is 12.7. The molecule has 1 saturated carbocycles. The van der Waals surface area contributed by atoms with Crippen LogP contribution in [0.25, 0.3) is 22.1 Å². The largest absolute Gasteiger partial charge is 0.436 e. The normalized spacial score (nSPS) is 17.5. The van der Waals surface area contributed by atoms with Crippen molar-refractivity contribution in [3.05, 3.63) is 39.8 Å². The van der Waals surface area contributed by atoms with Gasteiger partial charge < -0.3 is 10.2 Å². The average molecular weight is 351 g/mol. The molecule has 1 aliphatic carbocycles. The van der Waals surface area contributed by atoms with Crippen molar-refractivity contribution in [2.45, 2.75) is 31.6 Å². The smallest absolute Gasteiger partial charge is 0.232 e. The number of nitrogens with zero attached hydrogens (tertiary/aromatic N) is 3. The van der Waals surface area contributed by atoms with Crippen LogP contribution in [0.4, 0.5) is 5.82 Å². The minimum absolute atomic E-state index is 0.142. The summed E-state index contributed by atoms with van der Waals surface area (Å²) < 4.78 is 5.80. The summed E-state index contributed by atoms with van der Waals surface area (Å²) in [7, 11) is 0. The minimum atomic E-state index is -0.142. The van der Waals surface area contributed by atoms with Crippen LogP contribution >= 0.6 is 0 Å². The van der Waals surface area contributed by atoms with E-state index in [1.54, 1.807) is 12.3 Å². The topological polar surface area (TPSA) is 130 Å². The van der Waals surface area contributed by atoms with Crippen molar-refractivity contribution in [1.29, 1.82) is 0 Å². The molecular weight excluding hydrogens is 334 g/mol. The second kappa shape index (κ2) is 5.67. The van der Waals surface area contributed by atoms with Crippen molar-refractivity contribution in [1.82, 2.24) is 26.5 Å². The molecule has 9 nitrogen and oxygen atoms in total. The van der Waals surface area contributed by atoms with E-state index in [1.807, 2.05) is 6.07 Å². The van der Waals surface area contributed by atoms with E-state index in [9.17, 15) is 4.79 Å². The number of hydrogen-bond donors (Lipinski definition) is 4. The van der Waals surface area contributed by atoms with Crippen LogP contribution in [-0.4, -0.2) is 15.8 Å². The van der Waals surface area contributed by atoms with E-state index < -0.39 is 0 Å². The van der Waals surface area contributed by atoms with Gasteiger partial charge in [0.25, 0.3) is 0 Å². The number of aromatic nitrogens is 2. The Bertz CT molecular complexity index is 1120. The third kappa shape index (κ3) is 2.28. The number of rotatable bonds is 2. The number of hydrazine groups is 2. The lowest BCUT2D eigenvalue weighted by atomic mass is 10.0. The number of hydrazone groups is 1. The maximum Gasteiger partial charge on any atom is 0.232 e. The maximum atomic E-state index is 13.1. The SMILES string of the molecule is Nc1nc2oc3cnc(C4CCCC4)cc3c(=O)c2cc1C1=NNNN1. The average Bonchev–Trinajstić information content (AvgIpc) is 3.35. The van der Waals surface area contributed by atoms with Crippen LogP contribution in [0.1, 0.15) is 42.9 Å². The van der Waals surface area contributed by atoms with Crippen LogP contribution < -0.4 is 27.7 Å². The van der Waals surface area contributed by atoms with E-state index in [1.165, 1.54) is 12.8 Å². The Kier molecular flexibility index (Phi) is 3.29. The number of fused-ring (bicyclic) bond motifs is 2. The molecule has 26 heavy (non-hydrogen) atoms. The Morgan fingerprint density at radius 1 is 1.19 bits per heavy atom. The molecule has 0 aromatic carbocycles. The second-order valence-corrected chi connectivity index (χ2v) is 6.61. The molecule has 0 radical (unpaired) electrons. The number of amidine groups is 1. The molecule has 4 heterocycles. The lowest BCUT2D eigenvalue weighted by Crippen LogP contribution is -2.35. The van der Waals surface area contributed by atoms with Crippen molar-refractivity contribution < 1.29 is 4.42 Å². The quantitative estimate of drug-likeness (QED) is 0.508. The molecule has 3 aromatic rings. The first kappa shape index (κ1) is 15.1. The van der Waals surface area contributed by atoms with Gasteiger partial charge in [-0.3, -0.25) is 15.2 Å². The zero-order chi connectivity index (χ0) is 17.7. The molecule has 1 fully saturated rings. The van der Waals surface area contributed by atoms with Gasteiger partial charge in [0, 0.05) is 11.6 Å². The monoisotopic (exact) mass is 351 g/mol. The molecule has 1 aliphatic heterocycles. The summed E-state index contributed by atoms with van der Waals surface area (Å²) in [6.07, 6.45) is 6.27. The van der Waals surface area contributed by atoms with Gasteiger partial charge in [0.05, 0.1) is 22.5 Å². The molecule has 2 aliphatic rings. The molecule has 9 heteroatoms. The van der Waals surface area contributed by atoms with E-state index >= 15 is 0 Å². The highest BCUT2D eigenvalue weighted by atomic mass is 16.3. The van der Waals surface area contributed by atoms with Gasteiger partial charge in [-0.25, -0.2) is 5.53 Å². The second-order valence-electron chi connectivity index (χ2n) is 6.61. The van der Waals surface area contributed by atoms with Crippen molar-refractivity contribution in [2.24, 2.45) is 5.10 Å². The van der Waals surface area contributed by atoms with Gasteiger partial charge in [-0.05, 0) is 25.0 Å². The Balaban J connectivity index is 1.72. The number of pyridine rings is 2. The summed E-state index contributed by atoms with van der Waals surface area (Å²) in [5.74, 6) is 1.09. The molecular formula is C17H17N7O2. The highest BCUT2D eigenvalue weighted by Crippen LogP contribution is 2.34. The first-order valence-electron chi connectivity index (χ1n) is 8.58. The van der Waals surface area contributed by atoms with Gasteiger partial charge in [-0.15, -0.1) is 10.6 Å². The van der Waals surface area contributed by atoms with Gasteiger partial charge >= 0.3 is 0 Å². The van der Waals surface area contributed by atoms with E-state index in [0.717, 1.165) is 18.5 Å². The van der Waals surface area contributed by atoms with Crippen molar-refractivity contribution >= 4 is 33.7 Å². The third-order valence-electron chi connectivity index (χ3n) is 5.03. The van der Waals surface area contributed by atoms with Crippen LogP contribution in [0, 0.1) is 0 Å². The van der Waals surface area contributed by atoms with E-state index in [4.69, 9.17) is 10.2 Å². The predicted molar refractivity (Wildman–Crippen MR) is 97.1 cm³/mol. The van der Waals surface area contributed by atoms with Crippen molar-refractivity contribution in [3.8, 4) is 0 Å². The van der Waals surface area contributed by atoms with Crippen LogP contribution in [0.15, 0.2) is 32.6 Å². The molecule has 0 unspecified atom stereocenters. The number of nitrogens with two attached hydrogens (primary N) is 1. The zero-order valence-electron chi connectivity index (χ0n) is 13.9. The van der Waals surface area contributed by atoms with Crippen LogP contribution in [0.3, 0.4) is 0 Å². The fourth-order valence-corrected chi connectivity index (χ4v) is 3.68. The van der Waals surface area contributed by atoms with Crippen LogP contribution in [0.2, 0.25) is 0 Å². The molecule has 5 N–H and O–H groups in total. The Morgan fingerprint density at radius 2 is 2.04 bits per heavy atom. The Morgan fingerprint density at radius 3 is 2.81 bits per heavy atom. The highest BCUT2D eigenvalue weighted by Gasteiger charge is 2.21. The number of nitrogen functional groups attached to an aromatic ring is 1. The van der Waals surface area contributed by atoms with Gasteiger partial charge in [0.15, 0.2) is 11.4 Å². The maximum absolute atomic E-state index is 13.1. The summed E-state index contributed by atoms with van der Waals surface area (Å²) in [4.78, 5) is 21.8. The third-order valence-corrected chi connectivity index (χ3v) is 5.03. The fraction of sp³-hybridized carbons (Fsp3) is 0.294. The van der Waals surface area contributed by atoms with Crippen LogP contribution in [0.5, 0.6) is 0 Å². The molecule has 132 valence electrons. The summed E-state index contributed by atoms with van der Waals surface area (Å²) in [6, 6.07) is 3.51. The Labute approximate surface area is 147 Å². The predicted octanol–water partition coefficient (Wildman–Crippen LogP) is 1.25. The van der Waals surface area contributed by atoms with Gasteiger partial charge in [-0.1, -0.05) is 12.8 Å². The van der Waals surface area contributed by atoms with Crippen molar-refractivity contribution in [2.75, 3.05) is 5.73 Å². The van der Waals surface area contributed by atoms with Crippen LogP contribution in [-0.2, 0) is 0 Å². The van der Waals surface area contributed by atoms with Gasteiger partial charge in [0.1, 0.15) is 5.82 Å². The molecule has 0 amide bonds. The molecule has 0 spiro atoms. The molecule has 5 rings (SSSR count). The lowest BCUT2D eigenvalue weighted by Gasteiger charge is -2.10. The lowest BCUT2D eigenvalue weighted by molar-refractivity contribution is 0.577. The van der Waals surface area contributed by atoms with E-state index in [0.29, 0.717) is 33.7 Å². The number of nitrogens with one attached hydrogen (secondary N) is 3. The summed E-state index contributed by atoms with van der Waals surface area (Å²) >= 11 is 0. The summed E-state index contributed by atoms with van der Waals surface area (Å²) in [6.45, 7) is 0. The minimum Gasteiger partial charge on any atom is -0.436 e. The number of hydrogen-bond acceptors (Lipinski definition) is 9. The molecule has 0 atom stereocenters. The van der Waals surface area contributed by atoms with Gasteiger partial charge in [0.2, 0.25) is 11.1 Å². The van der Waals surface area contributed by atoms with E-state index in [-0.39, 0.29) is 17.0 Å². The summed E-state index contributed by atoms with van der Waals surface area (Å²) in [5, 5.41) is 4.89. The highest BCUT2D eigenvalue weighted by molar-refractivity contribution is 6.05. The molecule has 0 saturated heterocycles. The van der Waals surface area contributed by atoms with Gasteiger partial charge in [-0.2, -0.15) is 4.98 Å². The standard InChI is InChI=1S/C17H17N7O2/c18-15-11(16-21-23-24-22-16)5-10-14(25)9-6-12(8-3-1-2-4-8)19-7-13(9)26-17(10)20-15/h5-8,23-24H,1-4H2,(H2,18,20)(H,21,22). The van der Waals surface area contributed by atoms with E-state index in [2.05, 4.69) is 31.6 Å². The van der Waals surface area contributed by atoms with Crippen molar-refractivity contribution in [3.63, 3.8) is 0 Å². The fourth-order valence-electron chi connectivity index (χ4n) is 3.68. The zero-order valence-corrected chi connectivity index (χ0v) is 13.9. The summed E-state index contributed by atoms with van der Waals surface area (Å²) in [5.41, 5.74) is 16.0. The first-order valence-corrected chi connectivity index (χ1v) is 8.58. The molecule has 0 bridgehead atoms. The molecule has 3 aromatic heterocycles. The number of anilines is 1.